The van der Waals surface area contributed by atoms with E-state index >= 15 is 0 Å². The monoisotopic (exact) mass is 842 g/mol. The zero-order valence-corrected chi connectivity index (χ0v) is 36.2. The van der Waals surface area contributed by atoms with Gasteiger partial charge < -0.3 is 44.1 Å². The molecule has 1 amide bonds. The van der Waals surface area contributed by atoms with Crippen LogP contribution >= 0.6 is 0 Å². The predicted octanol–water partition coefficient (Wildman–Crippen LogP) is 5.03. The summed E-state index contributed by atoms with van der Waals surface area (Å²) in [6, 6.07) is 7.93. The van der Waals surface area contributed by atoms with Crippen LogP contribution in [0.25, 0.3) is 0 Å². The maximum absolute atomic E-state index is 14.8. The fraction of sp³-hybridized carbons (Fsp3) is 0.435. The number of hydrogen-bond acceptors (Lipinski definition) is 14. The van der Waals surface area contributed by atoms with Gasteiger partial charge in [-0.05, 0) is 32.1 Å². The Morgan fingerprint density at radius 1 is 0.869 bits per heavy atom. The van der Waals surface area contributed by atoms with Crippen molar-refractivity contribution in [3.05, 3.63) is 106 Å². The Bertz CT molecular complexity index is 2240. The molecule has 3 aliphatic heterocycles. The fourth-order valence-electron chi connectivity index (χ4n) is 7.94. The van der Waals surface area contributed by atoms with Crippen molar-refractivity contribution in [3.63, 3.8) is 0 Å². The van der Waals surface area contributed by atoms with E-state index < -0.39 is 106 Å². The number of Topliss-reactive ketones (excluding diaryl/α,β-unsaturated/α-hetero) is 3. The van der Waals surface area contributed by atoms with Crippen LogP contribution in [0.5, 0.6) is 11.5 Å². The van der Waals surface area contributed by atoms with Gasteiger partial charge in [-0.15, -0.1) is 0 Å². The van der Waals surface area contributed by atoms with Gasteiger partial charge in [-0.2, -0.15) is 0 Å². The van der Waals surface area contributed by atoms with Crippen molar-refractivity contribution in [3.8, 4) is 11.5 Å². The number of esters is 2. The highest BCUT2D eigenvalue weighted by atomic mass is 16.7. The number of carbonyl (C=O) groups excluding carboxylic acids is 6. The number of aliphatic hydroxyl groups excluding tert-OH is 2. The number of fused-ring (bicyclic) bond motifs is 14. The molecule has 2 aromatic rings. The smallest absolute Gasteiger partial charge is 0.343 e. The molecule has 9 unspecified atom stereocenters. The molecule has 5 bridgehead atoms. The Labute approximate surface area is 355 Å². The zero-order valence-electron chi connectivity index (χ0n) is 36.2. The quantitative estimate of drug-likeness (QED) is 0.267. The second-order valence-corrected chi connectivity index (χ2v) is 16.1. The normalized spacial score (nSPS) is 30.3. The highest BCUT2D eigenvalue weighted by molar-refractivity contribution is 6.32. The van der Waals surface area contributed by atoms with Crippen LogP contribution < -0.4 is 14.8 Å². The van der Waals surface area contributed by atoms with Gasteiger partial charge in [0, 0.05) is 69.9 Å². The van der Waals surface area contributed by atoms with Crippen LogP contribution in [0.2, 0.25) is 0 Å². The second kappa shape index (κ2) is 18.4. The number of aliphatic hydroxyl groups is 2. The number of allylic oxidation sites excluding steroid dienone is 4. The molecule has 9 atom stereocenters. The molecular weight excluding hydrogens is 789 g/mol. The van der Waals surface area contributed by atoms with Crippen LogP contribution in [0.15, 0.2) is 77.9 Å². The molecule has 15 nitrogen and oxygen atoms in total. The van der Waals surface area contributed by atoms with Crippen LogP contribution in [-0.2, 0) is 23.8 Å². The number of carbonyl (C=O) groups is 6. The number of amides is 1. The maximum atomic E-state index is 14.8. The third-order valence-electron chi connectivity index (χ3n) is 11.6. The van der Waals surface area contributed by atoms with Gasteiger partial charge in [0.2, 0.25) is 11.6 Å². The molecule has 0 fully saturated rings. The lowest BCUT2D eigenvalue weighted by Crippen LogP contribution is -2.46. The summed E-state index contributed by atoms with van der Waals surface area (Å²) in [4.78, 5) is 85.2. The van der Waals surface area contributed by atoms with Gasteiger partial charge in [-0.3, -0.25) is 24.0 Å². The van der Waals surface area contributed by atoms with Crippen LogP contribution in [0, 0.1) is 30.6 Å². The van der Waals surface area contributed by atoms with Crippen molar-refractivity contribution in [2.45, 2.75) is 85.6 Å². The van der Waals surface area contributed by atoms with E-state index in [1.165, 1.54) is 84.3 Å². The number of benzene rings is 2. The molecule has 15 heteroatoms. The number of ketones is 3. The number of likely N-dealkylation sites (N-methyl/N-ethyl adjacent to an activating group) is 1. The van der Waals surface area contributed by atoms with Gasteiger partial charge in [0.05, 0.1) is 46.8 Å². The first-order chi connectivity index (χ1) is 28.7. The van der Waals surface area contributed by atoms with Crippen LogP contribution in [0.4, 0.5) is 0 Å². The Kier molecular flexibility index (Phi) is 13.9. The van der Waals surface area contributed by atoms with Gasteiger partial charge >= 0.3 is 17.7 Å². The topological polar surface area (TPSA) is 204 Å². The largest absolute Gasteiger partial charge is 0.462 e. The zero-order chi connectivity index (χ0) is 45.2. The van der Waals surface area contributed by atoms with Gasteiger partial charge in [0.15, 0.2) is 0 Å². The van der Waals surface area contributed by atoms with Crippen LogP contribution in [0.1, 0.15) is 95.5 Å². The molecule has 0 saturated carbocycles. The highest BCUT2D eigenvalue weighted by Gasteiger charge is 2.53. The maximum Gasteiger partial charge on any atom is 0.343 e. The minimum absolute atomic E-state index is 0.0280. The van der Waals surface area contributed by atoms with Gasteiger partial charge in [-0.25, -0.2) is 4.79 Å². The van der Waals surface area contributed by atoms with E-state index in [0.717, 1.165) is 0 Å². The van der Waals surface area contributed by atoms with E-state index in [1.807, 2.05) is 0 Å². The summed E-state index contributed by atoms with van der Waals surface area (Å²) >= 11 is 0. The summed E-state index contributed by atoms with van der Waals surface area (Å²) in [6.45, 7) is 12.3. The average Bonchev–Trinajstić information content (AvgIpc) is 3.48. The summed E-state index contributed by atoms with van der Waals surface area (Å²) in [5.74, 6) is -10.1. The number of hydrogen-bond donors (Lipinski definition) is 3. The first-order valence-corrected chi connectivity index (χ1v) is 20.0. The summed E-state index contributed by atoms with van der Waals surface area (Å²) in [7, 11) is 4.40. The van der Waals surface area contributed by atoms with Crippen molar-refractivity contribution < 1.29 is 62.7 Å². The molecule has 61 heavy (non-hydrogen) atoms. The van der Waals surface area contributed by atoms with E-state index in [0.29, 0.717) is 0 Å². The molecule has 0 spiro atoms. The first-order valence-electron chi connectivity index (χ1n) is 20.0. The molecule has 326 valence electrons. The Morgan fingerprint density at radius 2 is 1.52 bits per heavy atom. The summed E-state index contributed by atoms with van der Waals surface area (Å²) in [5, 5.41) is 25.5. The molecule has 6 rings (SSSR count). The van der Waals surface area contributed by atoms with Crippen LogP contribution in [0.3, 0.4) is 0 Å². The average molecular weight is 843 g/mol. The molecule has 1 aliphatic carbocycles. The number of nitrogens with zero attached hydrogens (tertiary/aromatic N) is 1. The molecule has 0 radical (unpaired) electrons. The van der Waals surface area contributed by atoms with Crippen LogP contribution in [-0.4, -0.2) is 102 Å². The SMILES string of the molecule is COC1/C=C/OC2(C)Oc3c(C)c(OC(=O)c4ccccc4)c4c(c3C2=O)C(=O)C(N(C)C)=C(NC(=O)/C(C)=C\C=C\C(C)C(O)C(C)C(O)C(C)C(OC(C)=O)C1C)C4=O. The van der Waals surface area contributed by atoms with E-state index in [-0.39, 0.29) is 39.5 Å². The third-order valence-corrected chi connectivity index (χ3v) is 11.6. The third kappa shape index (κ3) is 8.95. The highest BCUT2D eigenvalue weighted by Crippen LogP contribution is 2.49. The molecule has 0 saturated heterocycles. The summed E-state index contributed by atoms with van der Waals surface area (Å²) in [5.41, 5.74) is -1.54. The lowest BCUT2D eigenvalue weighted by molar-refractivity contribution is -0.160. The fourth-order valence-corrected chi connectivity index (χ4v) is 7.94. The number of nitrogens with one attached hydrogen (secondary N) is 1. The van der Waals surface area contributed by atoms with E-state index in [9.17, 15) is 39.0 Å². The summed E-state index contributed by atoms with van der Waals surface area (Å²) < 4.78 is 29.6. The molecule has 2 aromatic carbocycles. The number of rotatable bonds is 5. The Balaban J connectivity index is 1.72. The second-order valence-electron chi connectivity index (χ2n) is 16.1. The number of ether oxygens (including phenoxy) is 5. The van der Waals surface area contributed by atoms with Crippen molar-refractivity contribution in [1.29, 1.82) is 0 Å². The lowest BCUT2D eigenvalue weighted by atomic mass is 9.78. The van der Waals surface area contributed by atoms with E-state index in [4.69, 9.17) is 23.7 Å². The first kappa shape index (κ1) is 46.2. The Hall–Kier alpha value is -5.90. The molecular formula is C46H54N2O13. The molecule has 3 heterocycles. The molecule has 0 aromatic heterocycles. The van der Waals surface area contributed by atoms with Crippen molar-refractivity contribution in [2.75, 3.05) is 21.2 Å². The number of methoxy groups -OCH3 is 1. The minimum atomic E-state index is -2.13. The molecule has 3 N–H and O–H groups in total. The van der Waals surface area contributed by atoms with Crippen molar-refractivity contribution in [2.24, 2.45) is 23.7 Å². The standard InChI is InChI=1S/C46H54N2O13/c1-22-16-15-17-23(2)44(55)47-34-35(48(9)10)39(53)31-32(38(34)52)41(60-45(56)29-18-13-12-14-19-29)27(6)42-33(31)43(54)46(8,61-42)58-21-20-30(57-11)24(3)40(59-28(7)49)26(5)37(51)25(4)36(22)50/h12-22,24-26,30,36-37,40,50-51H,1-11H3,(H,47,55)/b16-15+,21-20+,23-17-. The minimum Gasteiger partial charge on any atom is -0.462 e. The van der Waals surface area contributed by atoms with E-state index in [1.54, 1.807) is 58.0 Å². The van der Waals surface area contributed by atoms with Crippen molar-refractivity contribution in [1.82, 2.24) is 10.2 Å². The predicted molar refractivity (Wildman–Crippen MR) is 222 cm³/mol. The summed E-state index contributed by atoms with van der Waals surface area (Å²) in [6.07, 6.45) is 3.28. The molecule has 4 aliphatic rings. The van der Waals surface area contributed by atoms with Crippen molar-refractivity contribution >= 4 is 35.2 Å². The lowest BCUT2D eigenvalue weighted by Gasteiger charge is -2.38. The van der Waals surface area contributed by atoms with Gasteiger partial charge in [-0.1, -0.05) is 64.1 Å². The van der Waals surface area contributed by atoms with E-state index in [2.05, 4.69) is 5.32 Å². The van der Waals surface area contributed by atoms with Gasteiger partial charge in [0.1, 0.15) is 29.0 Å². The Morgan fingerprint density at radius 3 is 2.13 bits per heavy atom. The van der Waals surface area contributed by atoms with Gasteiger partial charge in [0.25, 0.3) is 11.7 Å².